The predicted octanol–water partition coefficient (Wildman–Crippen LogP) is 7.74. The molecule has 4 aromatic carbocycles. The number of carbonyl (C=O) groups excluding carboxylic acids is 1. The SMILES string of the molecule is O=C(NNCCc1ccc(Br)cc1)[C@@]1(C/C=C/c2ccccc2)N=C(c2ccc(OCCCO)cc2)O[C@H]1c1ccc(Cl)cc1Cl. The van der Waals surface area contributed by atoms with E-state index in [0.29, 0.717) is 58.8 Å². The summed E-state index contributed by atoms with van der Waals surface area (Å²) in [5.41, 5.74) is 7.97. The average molecular weight is 723 g/mol. The fourth-order valence-electron chi connectivity index (χ4n) is 5.05. The van der Waals surface area contributed by atoms with Crippen molar-refractivity contribution < 1.29 is 19.4 Å². The predicted molar refractivity (Wildman–Crippen MR) is 187 cm³/mol. The summed E-state index contributed by atoms with van der Waals surface area (Å²) in [5, 5.41) is 9.90. The van der Waals surface area contributed by atoms with Crippen LogP contribution in [0.4, 0.5) is 0 Å². The zero-order valence-electron chi connectivity index (χ0n) is 25.0. The maximum absolute atomic E-state index is 14.3. The first-order chi connectivity index (χ1) is 22.4. The first-order valence-corrected chi connectivity index (χ1v) is 16.5. The smallest absolute Gasteiger partial charge is 0.266 e. The lowest BCUT2D eigenvalue weighted by atomic mass is 9.84. The van der Waals surface area contributed by atoms with Crippen molar-refractivity contribution in [3.8, 4) is 5.75 Å². The van der Waals surface area contributed by atoms with Crippen molar-refractivity contribution in [2.24, 2.45) is 4.99 Å². The number of aliphatic hydroxyl groups is 1. The number of nitrogens with zero attached hydrogens (tertiary/aromatic N) is 1. The molecule has 3 N–H and O–H groups in total. The van der Waals surface area contributed by atoms with Crippen molar-refractivity contribution in [2.45, 2.75) is 30.9 Å². The first-order valence-electron chi connectivity index (χ1n) is 14.9. The third kappa shape index (κ3) is 8.57. The second-order valence-electron chi connectivity index (χ2n) is 10.7. The second kappa shape index (κ2) is 16.3. The zero-order chi connectivity index (χ0) is 32.4. The van der Waals surface area contributed by atoms with Crippen LogP contribution in [0.3, 0.4) is 0 Å². The molecule has 4 aromatic rings. The number of amides is 1. The minimum Gasteiger partial charge on any atom is -0.494 e. The van der Waals surface area contributed by atoms with Gasteiger partial charge in [-0.25, -0.2) is 10.4 Å². The molecule has 0 unspecified atom stereocenters. The molecule has 1 aliphatic rings. The van der Waals surface area contributed by atoms with Gasteiger partial charge in [0.15, 0.2) is 11.6 Å². The molecule has 1 aliphatic heterocycles. The number of halogens is 3. The number of benzene rings is 4. The first kappa shape index (κ1) is 33.7. The van der Waals surface area contributed by atoms with Crippen molar-refractivity contribution >= 4 is 57.0 Å². The molecule has 0 spiro atoms. The van der Waals surface area contributed by atoms with E-state index in [4.69, 9.17) is 42.8 Å². The Bertz CT molecular complexity index is 1670. The lowest BCUT2D eigenvalue weighted by Crippen LogP contribution is -2.52. The molecule has 46 heavy (non-hydrogen) atoms. The summed E-state index contributed by atoms with van der Waals surface area (Å²) in [7, 11) is 0. The number of rotatable bonds is 14. The lowest BCUT2D eigenvalue weighted by molar-refractivity contribution is -0.129. The molecule has 1 amide bonds. The molecule has 238 valence electrons. The summed E-state index contributed by atoms with van der Waals surface area (Å²) >= 11 is 16.5. The van der Waals surface area contributed by atoms with Crippen molar-refractivity contribution in [3.63, 3.8) is 0 Å². The number of aliphatic imine (C=N–C) groups is 1. The molecule has 0 saturated heterocycles. The minimum absolute atomic E-state index is 0.0549. The van der Waals surface area contributed by atoms with Gasteiger partial charge in [0.05, 0.1) is 6.61 Å². The number of hydrogen-bond donors (Lipinski definition) is 3. The van der Waals surface area contributed by atoms with Gasteiger partial charge in [0, 0.05) is 51.6 Å². The van der Waals surface area contributed by atoms with Crippen LogP contribution in [0.5, 0.6) is 5.75 Å². The van der Waals surface area contributed by atoms with Gasteiger partial charge in [-0.2, -0.15) is 0 Å². The van der Waals surface area contributed by atoms with E-state index in [9.17, 15) is 4.79 Å². The number of ether oxygens (including phenoxy) is 2. The van der Waals surface area contributed by atoms with Crippen molar-refractivity contribution in [2.75, 3.05) is 19.8 Å². The van der Waals surface area contributed by atoms with Gasteiger partial charge in [0.2, 0.25) is 5.90 Å². The molecule has 1 heterocycles. The van der Waals surface area contributed by atoms with Crippen LogP contribution in [0.25, 0.3) is 6.08 Å². The summed E-state index contributed by atoms with van der Waals surface area (Å²) in [5.74, 6) is 0.588. The van der Waals surface area contributed by atoms with E-state index in [0.717, 1.165) is 15.6 Å². The zero-order valence-corrected chi connectivity index (χ0v) is 28.1. The topological polar surface area (TPSA) is 92.2 Å². The van der Waals surface area contributed by atoms with Crippen molar-refractivity contribution in [3.05, 3.63) is 140 Å². The molecule has 10 heteroatoms. The fourth-order valence-corrected chi connectivity index (χ4v) is 5.83. The van der Waals surface area contributed by atoms with E-state index in [-0.39, 0.29) is 18.9 Å². The Morgan fingerprint density at radius 1 is 1.02 bits per heavy atom. The van der Waals surface area contributed by atoms with Gasteiger partial charge in [-0.3, -0.25) is 10.2 Å². The molecule has 0 aliphatic carbocycles. The van der Waals surface area contributed by atoms with Crippen LogP contribution >= 0.6 is 39.1 Å². The highest BCUT2D eigenvalue weighted by atomic mass is 79.9. The van der Waals surface area contributed by atoms with Gasteiger partial charge in [0.1, 0.15) is 5.75 Å². The molecule has 0 bridgehead atoms. The second-order valence-corrected chi connectivity index (χ2v) is 12.5. The molecule has 5 rings (SSSR count). The van der Waals surface area contributed by atoms with Gasteiger partial charge in [-0.1, -0.05) is 99.8 Å². The summed E-state index contributed by atoms with van der Waals surface area (Å²) in [6.45, 7) is 0.959. The van der Waals surface area contributed by atoms with Crippen LogP contribution in [-0.2, 0) is 16.0 Å². The highest BCUT2D eigenvalue weighted by Gasteiger charge is 2.53. The molecule has 0 radical (unpaired) electrons. The van der Waals surface area contributed by atoms with Gasteiger partial charge >= 0.3 is 0 Å². The maximum Gasteiger partial charge on any atom is 0.266 e. The van der Waals surface area contributed by atoms with Crippen LogP contribution in [0, 0.1) is 0 Å². The van der Waals surface area contributed by atoms with Crippen LogP contribution in [0.15, 0.2) is 113 Å². The number of hydrazine groups is 1. The lowest BCUT2D eigenvalue weighted by Gasteiger charge is -2.30. The van der Waals surface area contributed by atoms with E-state index >= 15 is 0 Å². The van der Waals surface area contributed by atoms with Crippen LogP contribution < -0.4 is 15.6 Å². The summed E-state index contributed by atoms with van der Waals surface area (Å²) in [4.78, 5) is 19.3. The Labute approximate surface area is 287 Å². The Balaban J connectivity index is 1.47. The van der Waals surface area contributed by atoms with Crippen LogP contribution in [0.1, 0.15) is 41.2 Å². The Morgan fingerprint density at radius 3 is 2.50 bits per heavy atom. The molecular weight excluding hydrogens is 689 g/mol. The summed E-state index contributed by atoms with van der Waals surface area (Å²) in [6, 6.07) is 30.3. The van der Waals surface area contributed by atoms with Crippen molar-refractivity contribution in [1.82, 2.24) is 10.9 Å². The Kier molecular flexibility index (Phi) is 11.9. The fraction of sp³-hybridized carbons (Fsp3) is 0.222. The number of nitrogens with one attached hydrogen (secondary N) is 2. The standard InChI is InChI=1S/C36H34BrCl2N3O4/c37-28-13-9-26(10-14-28)19-21-40-42-35(44)36(20-4-8-25-6-2-1-3-7-25)33(31-18-15-29(38)24-32(31)39)46-34(41-36)27-11-16-30(17-12-27)45-23-5-22-43/h1-4,6-18,24,33,40,43H,5,19-23H2,(H,42,44)/b8-4+/t33-,36-/m0/s1. The number of hydrogen-bond acceptors (Lipinski definition) is 6. The average Bonchev–Trinajstić information content (AvgIpc) is 3.45. The summed E-state index contributed by atoms with van der Waals surface area (Å²) in [6.07, 6.45) is 4.49. The third-order valence-corrected chi connectivity index (χ3v) is 8.56. The van der Waals surface area contributed by atoms with E-state index in [2.05, 4.69) is 26.8 Å². The van der Waals surface area contributed by atoms with E-state index in [1.165, 1.54) is 0 Å². The van der Waals surface area contributed by atoms with Crippen LogP contribution in [0.2, 0.25) is 10.0 Å². The minimum atomic E-state index is -1.42. The Hall–Kier alpha value is -3.66. The molecule has 0 fully saturated rings. The highest BCUT2D eigenvalue weighted by molar-refractivity contribution is 9.10. The van der Waals surface area contributed by atoms with Gasteiger partial charge in [0.25, 0.3) is 5.91 Å². The normalized spacial score (nSPS) is 17.5. The van der Waals surface area contributed by atoms with E-state index < -0.39 is 11.6 Å². The van der Waals surface area contributed by atoms with Gasteiger partial charge in [-0.05, 0) is 66.1 Å². The molecule has 7 nitrogen and oxygen atoms in total. The maximum atomic E-state index is 14.3. The van der Waals surface area contributed by atoms with Crippen LogP contribution in [-0.4, -0.2) is 42.2 Å². The van der Waals surface area contributed by atoms with Gasteiger partial charge < -0.3 is 14.6 Å². The molecular formula is C36H34BrCl2N3O4. The highest BCUT2D eigenvalue weighted by Crippen LogP contribution is 2.45. The largest absolute Gasteiger partial charge is 0.494 e. The molecule has 2 atom stereocenters. The quantitative estimate of drug-likeness (QED) is 0.0915. The number of carbonyl (C=O) groups is 1. The molecule has 0 saturated carbocycles. The van der Waals surface area contributed by atoms with E-state index in [1.807, 2.05) is 91.0 Å². The number of aliphatic hydroxyl groups excluding tert-OH is 1. The monoisotopic (exact) mass is 721 g/mol. The summed E-state index contributed by atoms with van der Waals surface area (Å²) < 4.78 is 13.2. The molecule has 0 aromatic heterocycles. The van der Waals surface area contributed by atoms with E-state index in [1.54, 1.807) is 18.2 Å². The van der Waals surface area contributed by atoms with Crippen molar-refractivity contribution in [1.29, 1.82) is 0 Å². The van der Waals surface area contributed by atoms with Gasteiger partial charge in [-0.15, -0.1) is 0 Å². The Morgan fingerprint density at radius 2 is 1.78 bits per heavy atom. The third-order valence-electron chi connectivity index (χ3n) is 7.47.